The fourth-order valence-electron chi connectivity index (χ4n) is 2.61. The lowest BCUT2D eigenvalue weighted by Gasteiger charge is -2.26. The molecule has 2 rings (SSSR count). The number of para-hydroxylation sites is 1. The minimum atomic E-state index is 0.267. The molecule has 1 amide bonds. The molecule has 1 aliphatic rings. The standard InChI is InChI=1S/C15H22N2O/c1-12(10-16-2)11-17-14-8-4-3-6-13(14)7-5-9-15(17)18/h3-4,6,8,12,16H,5,7,9-11H2,1-2H3. The van der Waals surface area contributed by atoms with Crippen LogP contribution in [0.5, 0.6) is 0 Å². The summed E-state index contributed by atoms with van der Waals surface area (Å²) in [7, 11) is 1.95. The molecule has 0 spiro atoms. The highest BCUT2D eigenvalue weighted by Gasteiger charge is 2.22. The molecule has 1 atom stereocenters. The maximum Gasteiger partial charge on any atom is 0.227 e. The lowest BCUT2D eigenvalue weighted by atomic mass is 10.1. The van der Waals surface area contributed by atoms with Gasteiger partial charge in [0.1, 0.15) is 0 Å². The predicted molar refractivity (Wildman–Crippen MR) is 74.8 cm³/mol. The Morgan fingerprint density at radius 1 is 1.33 bits per heavy atom. The first-order valence-corrected chi connectivity index (χ1v) is 6.75. The van der Waals surface area contributed by atoms with E-state index in [1.54, 1.807) is 0 Å². The van der Waals surface area contributed by atoms with Crippen LogP contribution in [0.25, 0.3) is 0 Å². The summed E-state index contributed by atoms with van der Waals surface area (Å²) < 4.78 is 0. The molecule has 0 fully saturated rings. The van der Waals surface area contributed by atoms with Crippen molar-refractivity contribution in [2.75, 3.05) is 25.0 Å². The number of nitrogens with zero attached hydrogens (tertiary/aromatic N) is 1. The number of nitrogens with one attached hydrogen (secondary N) is 1. The Morgan fingerprint density at radius 2 is 2.11 bits per heavy atom. The number of hydrogen-bond acceptors (Lipinski definition) is 2. The molecule has 0 saturated heterocycles. The second-order valence-corrected chi connectivity index (χ2v) is 5.15. The van der Waals surface area contributed by atoms with Crippen LogP contribution in [0.1, 0.15) is 25.3 Å². The van der Waals surface area contributed by atoms with Gasteiger partial charge in [-0.2, -0.15) is 0 Å². The zero-order chi connectivity index (χ0) is 13.0. The predicted octanol–water partition coefficient (Wildman–Crippen LogP) is 2.21. The van der Waals surface area contributed by atoms with E-state index in [2.05, 4.69) is 30.4 Å². The van der Waals surface area contributed by atoms with Crippen molar-refractivity contribution < 1.29 is 4.79 Å². The molecule has 0 radical (unpaired) electrons. The molecular formula is C15H22N2O. The van der Waals surface area contributed by atoms with Gasteiger partial charge in [0.2, 0.25) is 5.91 Å². The number of benzene rings is 1. The third-order valence-corrected chi connectivity index (χ3v) is 3.47. The Kier molecular flexibility index (Phi) is 4.37. The second-order valence-electron chi connectivity index (χ2n) is 5.15. The summed E-state index contributed by atoms with van der Waals surface area (Å²) in [5, 5.41) is 3.17. The molecule has 3 nitrogen and oxygen atoms in total. The molecule has 98 valence electrons. The summed E-state index contributed by atoms with van der Waals surface area (Å²) in [6.07, 6.45) is 2.65. The number of aryl methyl sites for hydroxylation is 1. The maximum atomic E-state index is 12.2. The average Bonchev–Trinajstić information content (AvgIpc) is 2.51. The summed E-state index contributed by atoms with van der Waals surface area (Å²) in [6, 6.07) is 8.30. The smallest absolute Gasteiger partial charge is 0.227 e. The SMILES string of the molecule is CNCC(C)CN1C(=O)CCCc2ccccc21. The minimum Gasteiger partial charge on any atom is -0.319 e. The van der Waals surface area contributed by atoms with Crippen molar-refractivity contribution in [3.05, 3.63) is 29.8 Å². The molecule has 0 bridgehead atoms. The topological polar surface area (TPSA) is 32.3 Å². The summed E-state index contributed by atoms with van der Waals surface area (Å²) in [4.78, 5) is 14.2. The minimum absolute atomic E-state index is 0.267. The molecule has 1 aliphatic heterocycles. The zero-order valence-electron chi connectivity index (χ0n) is 11.3. The van der Waals surface area contributed by atoms with E-state index in [-0.39, 0.29) is 5.91 Å². The van der Waals surface area contributed by atoms with Crippen LogP contribution in [0.2, 0.25) is 0 Å². The number of hydrogen-bond donors (Lipinski definition) is 1. The molecule has 1 aromatic carbocycles. The molecule has 1 unspecified atom stereocenters. The Bertz CT molecular complexity index is 417. The van der Waals surface area contributed by atoms with Crippen LogP contribution in [0, 0.1) is 5.92 Å². The van der Waals surface area contributed by atoms with Gasteiger partial charge in [-0.05, 0) is 44.0 Å². The Hall–Kier alpha value is -1.35. The van der Waals surface area contributed by atoms with Gasteiger partial charge in [-0.3, -0.25) is 4.79 Å². The number of amides is 1. The van der Waals surface area contributed by atoms with Gasteiger partial charge in [0, 0.05) is 18.7 Å². The van der Waals surface area contributed by atoms with Crippen LogP contribution >= 0.6 is 0 Å². The molecule has 1 heterocycles. The third-order valence-electron chi connectivity index (χ3n) is 3.47. The number of anilines is 1. The molecule has 1 N–H and O–H groups in total. The normalized spacial score (nSPS) is 17.2. The Balaban J connectivity index is 2.22. The van der Waals surface area contributed by atoms with E-state index < -0.39 is 0 Å². The van der Waals surface area contributed by atoms with Gasteiger partial charge in [-0.1, -0.05) is 25.1 Å². The van der Waals surface area contributed by atoms with Gasteiger partial charge in [-0.25, -0.2) is 0 Å². The fourth-order valence-corrected chi connectivity index (χ4v) is 2.61. The van der Waals surface area contributed by atoms with Crippen molar-refractivity contribution in [1.29, 1.82) is 0 Å². The van der Waals surface area contributed by atoms with Crippen LogP contribution in [0.4, 0.5) is 5.69 Å². The van der Waals surface area contributed by atoms with Gasteiger partial charge in [-0.15, -0.1) is 0 Å². The molecule has 0 aromatic heterocycles. The van der Waals surface area contributed by atoms with E-state index in [0.29, 0.717) is 12.3 Å². The maximum absolute atomic E-state index is 12.2. The molecule has 0 aliphatic carbocycles. The second kappa shape index (κ2) is 6.01. The highest BCUT2D eigenvalue weighted by atomic mass is 16.2. The van der Waals surface area contributed by atoms with Gasteiger partial charge in [0.05, 0.1) is 0 Å². The summed E-state index contributed by atoms with van der Waals surface area (Å²) in [5.41, 5.74) is 2.42. The van der Waals surface area contributed by atoms with Crippen molar-refractivity contribution in [3.8, 4) is 0 Å². The third kappa shape index (κ3) is 2.91. The van der Waals surface area contributed by atoms with Crippen molar-refractivity contribution in [1.82, 2.24) is 5.32 Å². The average molecular weight is 246 g/mol. The van der Waals surface area contributed by atoms with Crippen molar-refractivity contribution >= 4 is 11.6 Å². The molecular weight excluding hydrogens is 224 g/mol. The van der Waals surface area contributed by atoms with Crippen molar-refractivity contribution in [3.63, 3.8) is 0 Å². The highest BCUT2D eigenvalue weighted by molar-refractivity contribution is 5.94. The van der Waals surface area contributed by atoms with Gasteiger partial charge >= 0.3 is 0 Å². The van der Waals surface area contributed by atoms with Crippen LogP contribution < -0.4 is 10.2 Å². The summed E-state index contributed by atoms with van der Waals surface area (Å²) in [6.45, 7) is 3.92. The van der Waals surface area contributed by atoms with Crippen molar-refractivity contribution in [2.45, 2.75) is 26.2 Å². The van der Waals surface area contributed by atoms with Crippen LogP contribution in [-0.4, -0.2) is 26.0 Å². The lowest BCUT2D eigenvalue weighted by Crippen LogP contribution is -2.36. The zero-order valence-corrected chi connectivity index (χ0v) is 11.3. The Morgan fingerprint density at radius 3 is 2.89 bits per heavy atom. The molecule has 0 saturated carbocycles. The fraction of sp³-hybridized carbons (Fsp3) is 0.533. The van der Waals surface area contributed by atoms with Gasteiger partial charge in [0.15, 0.2) is 0 Å². The number of carbonyl (C=O) groups excluding carboxylic acids is 1. The van der Waals surface area contributed by atoms with E-state index in [0.717, 1.165) is 31.6 Å². The first-order valence-electron chi connectivity index (χ1n) is 6.75. The first kappa shape index (κ1) is 13.1. The monoisotopic (exact) mass is 246 g/mol. The van der Waals surface area contributed by atoms with E-state index in [9.17, 15) is 4.79 Å². The van der Waals surface area contributed by atoms with Gasteiger partial charge < -0.3 is 10.2 Å². The van der Waals surface area contributed by atoms with Crippen LogP contribution in [-0.2, 0) is 11.2 Å². The van der Waals surface area contributed by atoms with Crippen molar-refractivity contribution in [2.24, 2.45) is 5.92 Å². The van der Waals surface area contributed by atoms with E-state index in [1.165, 1.54) is 5.56 Å². The number of rotatable bonds is 4. The highest BCUT2D eigenvalue weighted by Crippen LogP contribution is 2.27. The van der Waals surface area contributed by atoms with E-state index in [4.69, 9.17) is 0 Å². The summed E-state index contributed by atoms with van der Waals surface area (Å²) >= 11 is 0. The van der Waals surface area contributed by atoms with Gasteiger partial charge in [0.25, 0.3) is 0 Å². The molecule has 18 heavy (non-hydrogen) atoms. The largest absolute Gasteiger partial charge is 0.319 e. The lowest BCUT2D eigenvalue weighted by molar-refractivity contribution is -0.118. The Labute approximate surface area is 109 Å². The molecule has 1 aromatic rings. The van der Waals surface area contributed by atoms with E-state index in [1.807, 2.05) is 18.0 Å². The summed E-state index contributed by atoms with van der Waals surface area (Å²) in [5.74, 6) is 0.730. The first-order chi connectivity index (χ1) is 8.72. The molecule has 3 heteroatoms. The van der Waals surface area contributed by atoms with E-state index >= 15 is 0 Å². The number of fused-ring (bicyclic) bond motifs is 1. The quantitative estimate of drug-likeness (QED) is 0.883. The van der Waals surface area contributed by atoms with Crippen LogP contribution in [0.3, 0.4) is 0 Å². The van der Waals surface area contributed by atoms with Crippen LogP contribution in [0.15, 0.2) is 24.3 Å². The number of carbonyl (C=O) groups is 1.